The van der Waals surface area contributed by atoms with Gasteiger partial charge in [0.05, 0.1) is 5.56 Å². The monoisotopic (exact) mass is 272 g/mol. The fourth-order valence-electron chi connectivity index (χ4n) is 2.58. The molecule has 4 heteroatoms. The second kappa shape index (κ2) is 4.92. The number of aliphatic hydroxyl groups is 1. The van der Waals surface area contributed by atoms with E-state index in [0.717, 1.165) is 0 Å². The summed E-state index contributed by atoms with van der Waals surface area (Å²) < 4.78 is 0. The van der Waals surface area contributed by atoms with Gasteiger partial charge in [-0.15, -0.1) is 0 Å². The van der Waals surface area contributed by atoms with Crippen molar-refractivity contribution in [3.05, 3.63) is 29.6 Å². The van der Waals surface area contributed by atoms with Crippen LogP contribution in [0, 0.1) is 22.7 Å². The molecule has 1 fully saturated rings. The average molecular weight is 272 g/mol. The lowest BCUT2D eigenvalue weighted by molar-refractivity contribution is 0.0938. The summed E-state index contributed by atoms with van der Waals surface area (Å²) in [6, 6.07) is 3.58. The predicted molar refractivity (Wildman–Crippen MR) is 77.0 cm³/mol. The molecule has 1 heterocycles. The highest BCUT2D eigenvalue weighted by molar-refractivity contribution is 5.95. The van der Waals surface area contributed by atoms with E-state index < -0.39 is 0 Å². The molecule has 1 amide bonds. The number of aliphatic hydroxyl groups excluding tert-OH is 1. The summed E-state index contributed by atoms with van der Waals surface area (Å²) in [5.41, 5.74) is 1.00. The Morgan fingerprint density at radius 3 is 2.60 bits per heavy atom. The van der Waals surface area contributed by atoms with Gasteiger partial charge >= 0.3 is 0 Å². The van der Waals surface area contributed by atoms with Crippen molar-refractivity contribution in [2.24, 2.45) is 10.8 Å². The molecule has 2 rings (SSSR count). The van der Waals surface area contributed by atoms with Gasteiger partial charge in [0.1, 0.15) is 12.3 Å². The summed E-state index contributed by atoms with van der Waals surface area (Å²) in [5, 5.41) is 11.8. The highest BCUT2D eigenvalue weighted by Gasteiger charge is 2.65. The van der Waals surface area contributed by atoms with Gasteiger partial charge in [0, 0.05) is 12.2 Å². The van der Waals surface area contributed by atoms with Crippen LogP contribution in [0.1, 0.15) is 43.7 Å². The summed E-state index contributed by atoms with van der Waals surface area (Å²) in [5.74, 6) is 5.09. The van der Waals surface area contributed by atoms with Gasteiger partial charge < -0.3 is 10.4 Å². The molecular weight excluding hydrogens is 252 g/mol. The Bertz CT molecular complexity index is 580. The molecule has 1 aliphatic carbocycles. The van der Waals surface area contributed by atoms with E-state index in [1.165, 1.54) is 0 Å². The minimum Gasteiger partial charge on any atom is -0.384 e. The van der Waals surface area contributed by atoms with Gasteiger partial charge in [-0.3, -0.25) is 4.79 Å². The number of hydrogen-bond donors (Lipinski definition) is 2. The zero-order chi connectivity index (χ0) is 15.0. The van der Waals surface area contributed by atoms with Crippen molar-refractivity contribution in [1.82, 2.24) is 10.3 Å². The second-order valence-electron chi connectivity index (χ2n) is 6.21. The molecule has 2 N–H and O–H groups in total. The van der Waals surface area contributed by atoms with Gasteiger partial charge in [-0.1, -0.05) is 39.5 Å². The molecule has 0 unspecified atom stereocenters. The van der Waals surface area contributed by atoms with Crippen LogP contribution >= 0.6 is 0 Å². The summed E-state index contributed by atoms with van der Waals surface area (Å²) in [4.78, 5) is 16.5. The van der Waals surface area contributed by atoms with Gasteiger partial charge in [0.2, 0.25) is 0 Å². The zero-order valence-electron chi connectivity index (χ0n) is 12.3. The Labute approximate surface area is 119 Å². The highest BCUT2D eigenvalue weighted by atomic mass is 16.2. The molecule has 0 aliphatic heterocycles. The van der Waals surface area contributed by atoms with Crippen molar-refractivity contribution in [3.63, 3.8) is 0 Å². The smallest absolute Gasteiger partial charge is 0.271 e. The van der Waals surface area contributed by atoms with Crippen molar-refractivity contribution in [1.29, 1.82) is 0 Å². The second-order valence-corrected chi connectivity index (χ2v) is 6.21. The molecule has 0 spiro atoms. The fourth-order valence-corrected chi connectivity index (χ4v) is 2.58. The van der Waals surface area contributed by atoms with Gasteiger partial charge in [-0.05, 0) is 23.0 Å². The number of aromatic nitrogens is 1. The average Bonchev–Trinajstić information content (AvgIpc) is 2.79. The Hall–Kier alpha value is -1.86. The van der Waals surface area contributed by atoms with E-state index in [0.29, 0.717) is 11.3 Å². The topological polar surface area (TPSA) is 62.2 Å². The van der Waals surface area contributed by atoms with Crippen molar-refractivity contribution < 1.29 is 9.90 Å². The number of carbonyl (C=O) groups is 1. The van der Waals surface area contributed by atoms with Gasteiger partial charge in [0.25, 0.3) is 5.91 Å². The number of pyridine rings is 1. The molecule has 0 atom stereocenters. The van der Waals surface area contributed by atoms with Crippen molar-refractivity contribution in [2.45, 2.75) is 33.7 Å². The first-order valence-corrected chi connectivity index (χ1v) is 6.68. The zero-order valence-corrected chi connectivity index (χ0v) is 12.3. The van der Waals surface area contributed by atoms with Crippen LogP contribution in [0.2, 0.25) is 0 Å². The number of hydrogen-bond acceptors (Lipinski definition) is 3. The van der Waals surface area contributed by atoms with E-state index in [-0.39, 0.29) is 29.4 Å². The molecule has 1 aromatic rings. The third-order valence-electron chi connectivity index (χ3n) is 4.62. The van der Waals surface area contributed by atoms with Crippen molar-refractivity contribution >= 4 is 5.91 Å². The van der Waals surface area contributed by atoms with Crippen LogP contribution in [0.25, 0.3) is 0 Å². The first-order chi connectivity index (χ1) is 9.32. The Kier molecular flexibility index (Phi) is 3.58. The molecular formula is C16H20N2O2. The summed E-state index contributed by atoms with van der Waals surface area (Å²) in [7, 11) is 0. The molecule has 106 valence electrons. The first kappa shape index (κ1) is 14.5. The Morgan fingerprint density at radius 1 is 1.40 bits per heavy atom. The van der Waals surface area contributed by atoms with E-state index in [2.05, 4.69) is 49.8 Å². The highest BCUT2D eigenvalue weighted by Crippen LogP contribution is 2.62. The number of carbonyl (C=O) groups excluding carboxylic acids is 1. The van der Waals surface area contributed by atoms with Crippen LogP contribution in [0.3, 0.4) is 0 Å². The van der Waals surface area contributed by atoms with Crippen LogP contribution < -0.4 is 5.32 Å². The molecule has 1 aromatic heterocycles. The van der Waals surface area contributed by atoms with E-state index in [1.807, 2.05) is 0 Å². The van der Waals surface area contributed by atoms with Gasteiger partial charge in [0.15, 0.2) is 0 Å². The summed E-state index contributed by atoms with van der Waals surface area (Å²) in [6.45, 7) is 8.33. The quantitative estimate of drug-likeness (QED) is 0.804. The minimum absolute atomic E-state index is 0.0778. The van der Waals surface area contributed by atoms with Crippen LogP contribution in [0.4, 0.5) is 0 Å². The maximum atomic E-state index is 12.4. The van der Waals surface area contributed by atoms with Crippen molar-refractivity contribution in [2.75, 3.05) is 6.61 Å². The largest absolute Gasteiger partial charge is 0.384 e. The third kappa shape index (κ3) is 2.30. The Balaban J connectivity index is 2.19. The number of amides is 1. The fraction of sp³-hybridized carbons (Fsp3) is 0.500. The van der Waals surface area contributed by atoms with Crippen molar-refractivity contribution in [3.8, 4) is 11.8 Å². The first-order valence-electron chi connectivity index (χ1n) is 6.68. The molecule has 20 heavy (non-hydrogen) atoms. The Morgan fingerprint density at radius 2 is 2.05 bits per heavy atom. The lowest BCUT2D eigenvalue weighted by Crippen LogP contribution is -2.31. The molecule has 4 nitrogen and oxygen atoms in total. The van der Waals surface area contributed by atoms with Crippen LogP contribution in [0.5, 0.6) is 0 Å². The number of nitrogens with zero attached hydrogens (tertiary/aromatic N) is 1. The summed E-state index contributed by atoms with van der Waals surface area (Å²) in [6.07, 6.45) is 1.57. The van der Waals surface area contributed by atoms with E-state index in [1.54, 1.807) is 18.3 Å². The SMILES string of the molecule is CC1(C)C(NC(=O)c2ncccc2C#CCO)C1(C)C. The van der Waals surface area contributed by atoms with Gasteiger partial charge in [-0.25, -0.2) is 4.98 Å². The predicted octanol–water partition coefficient (Wildman–Crippen LogP) is 1.59. The normalized spacial score (nSPS) is 18.9. The molecule has 0 saturated heterocycles. The van der Waals surface area contributed by atoms with Gasteiger partial charge in [-0.2, -0.15) is 0 Å². The molecule has 1 saturated carbocycles. The summed E-state index contributed by atoms with van der Waals surface area (Å²) >= 11 is 0. The van der Waals surface area contributed by atoms with E-state index in [4.69, 9.17) is 5.11 Å². The molecule has 0 radical (unpaired) electrons. The molecule has 1 aliphatic rings. The maximum Gasteiger partial charge on any atom is 0.271 e. The van der Waals surface area contributed by atoms with Crippen LogP contribution in [-0.4, -0.2) is 28.6 Å². The van der Waals surface area contributed by atoms with Crippen LogP contribution in [0.15, 0.2) is 18.3 Å². The molecule has 0 bridgehead atoms. The number of nitrogens with one attached hydrogen (secondary N) is 1. The standard InChI is InChI=1S/C16H20N2O2/c1-15(2)14(16(15,3)4)18-13(20)12-11(8-6-10-19)7-5-9-17-12/h5,7,9,14,19H,10H2,1-4H3,(H,18,20). The lowest BCUT2D eigenvalue weighted by atomic mass is 10.0. The van der Waals surface area contributed by atoms with Crippen LogP contribution in [-0.2, 0) is 0 Å². The lowest BCUT2D eigenvalue weighted by Gasteiger charge is -2.07. The molecule has 0 aromatic carbocycles. The minimum atomic E-state index is -0.237. The maximum absolute atomic E-state index is 12.4. The van der Waals surface area contributed by atoms with E-state index in [9.17, 15) is 4.79 Å². The number of rotatable bonds is 2. The van der Waals surface area contributed by atoms with E-state index >= 15 is 0 Å². The third-order valence-corrected chi connectivity index (χ3v) is 4.62.